The summed E-state index contributed by atoms with van der Waals surface area (Å²) in [6.45, 7) is 1.64. The van der Waals surface area contributed by atoms with Crippen LogP contribution in [0.25, 0.3) is 0 Å². The highest BCUT2D eigenvalue weighted by Gasteiger charge is 2.51. The molecule has 7 heteroatoms. The molecule has 0 unspecified atom stereocenters. The van der Waals surface area contributed by atoms with Gasteiger partial charge in [-0.1, -0.05) is 30.3 Å². The van der Waals surface area contributed by atoms with Gasteiger partial charge in [0.1, 0.15) is 5.60 Å². The summed E-state index contributed by atoms with van der Waals surface area (Å²) in [4.78, 5) is 23.3. The Hall–Kier alpha value is -1.89. The Morgan fingerprint density at radius 3 is 2.38 bits per heavy atom. The molecule has 0 aromatic heterocycles. The number of amides is 1. The van der Waals surface area contributed by atoms with Crippen molar-refractivity contribution in [3.63, 3.8) is 0 Å². The molecular weight excluding hydrogens is 287 g/mol. The number of rotatable bonds is 5. The number of ether oxygens (including phenoxy) is 1. The lowest BCUT2D eigenvalue weighted by molar-refractivity contribution is -0.174. The molecule has 0 bridgehead atoms. The van der Waals surface area contributed by atoms with Crippen molar-refractivity contribution in [3.8, 4) is 0 Å². The van der Waals surface area contributed by atoms with E-state index < -0.39 is 29.5 Å². The molecule has 1 saturated heterocycles. The number of hydrogen-bond acceptors (Lipinski definition) is 3. The molecule has 21 heavy (non-hydrogen) atoms. The van der Waals surface area contributed by atoms with E-state index in [4.69, 9.17) is 4.74 Å². The minimum atomic E-state index is -5.03. The molecular formula is C14H14F3NO3. The summed E-state index contributed by atoms with van der Waals surface area (Å²) in [6, 6.07) is 7.25. The quantitative estimate of drug-likeness (QED) is 0.841. The van der Waals surface area contributed by atoms with E-state index in [0.29, 0.717) is 5.56 Å². The lowest BCUT2D eigenvalue weighted by Gasteiger charge is -2.20. The Bertz CT molecular complexity index is 538. The maximum Gasteiger partial charge on any atom is 0.471 e. The van der Waals surface area contributed by atoms with Gasteiger partial charge in [-0.05, 0) is 18.9 Å². The molecule has 0 aliphatic carbocycles. The Morgan fingerprint density at radius 2 is 1.90 bits per heavy atom. The van der Waals surface area contributed by atoms with Gasteiger partial charge in [-0.3, -0.25) is 9.59 Å². The van der Waals surface area contributed by atoms with E-state index >= 15 is 0 Å². The maximum atomic E-state index is 12.4. The lowest BCUT2D eigenvalue weighted by Crippen LogP contribution is -2.51. The van der Waals surface area contributed by atoms with Gasteiger partial charge in [0.25, 0.3) is 0 Å². The molecule has 1 aromatic carbocycles. The second-order valence-corrected chi connectivity index (χ2v) is 5.10. The van der Waals surface area contributed by atoms with Gasteiger partial charge in [-0.25, -0.2) is 0 Å². The molecule has 1 aromatic rings. The van der Waals surface area contributed by atoms with Crippen LogP contribution >= 0.6 is 0 Å². The maximum absolute atomic E-state index is 12.4. The van der Waals surface area contributed by atoms with E-state index in [1.54, 1.807) is 35.6 Å². The van der Waals surface area contributed by atoms with Gasteiger partial charge in [0.2, 0.25) is 0 Å². The Kier molecular flexibility index (Phi) is 4.04. The zero-order valence-corrected chi connectivity index (χ0v) is 11.2. The molecule has 4 nitrogen and oxygen atoms in total. The SMILES string of the molecule is C[C@@]1(C(=O)[C@H](Cc2ccccc2)NC(=O)C(F)(F)F)CO1. The summed E-state index contributed by atoms with van der Waals surface area (Å²) >= 11 is 0. The number of carbonyl (C=O) groups excluding carboxylic acids is 2. The number of alkyl halides is 3. The Balaban J connectivity index is 2.14. The molecule has 1 N–H and O–H groups in total. The van der Waals surface area contributed by atoms with Crippen molar-refractivity contribution in [2.75, 3.05) is 6.61 Å². The van der Waals surface area contributed by atoms with Crippen LogP contribution in [0.4, 0.5) is 13.2 Å². The minimum absolute atomic E-state index is 0.0134. The van der Waals surface area contributed by atoms with Gasteiger partial charge in [-0.2, -0.15) is 13.2 Å². The summed E-state index contributed by atoms with van der Waals surface area (Å²) in [5, 5.41) is 1.76. The number of nitrogens with one attached hydrogen (secondary N) is 1. The Morgan fingerprint density at radius 1 is 1.33 bits per heavy atom. The predicted octanol–water partition coefficient (Wildman–Crippen LogP) is 1.63. The fourth-order valence-electron chi connectivity index (χ4n) is 1.92. The van der Waals surface area contributed by atoms with Crippen LogP contribution in [0.15, 0.2) is 30.3 Å². The van der Waals surface area contributed by atoms with Gasteiger partial charge in [0.15, 0.2) is 5.78 Å². The largest absolute Gasteiger partial charge is 0.471 e. The summed E-state index contributed by atoms with van der Waals surface area (Å²) in [5.74, 6) is -2.68. The second-order valence-electron chi connectivity index (χ2n) is 5.10. The number of ketones is 1. The molecule has 0 saturated carbocycles. The van der Waals surface area contributed by atoms with E-state index in [2.05, 4.69) is 0 Å². The average molecular weight is 301 g/mol. The number of benzene rings is 1. The first kappa shape index (κ1) is 15.5. The van der Waals surface area contributed by atoms with Gasteiger partial charge < -0.3 is 10.1 Å². The number of halogens is 3. The number of carbonyl (C=O) groups is 2. The molecule has 2 atom stereocenters. The molecule has 114 valence electrons. The van der Waals surface area contributed by atoms with Crippen molar-refractivity contribution in [2.24, 2.45) is 0 Å². The number of Topliss-reactive ketones (excluding diaryl/α,β-unsaturated/α-hetero) is 1. The summed E-state index contributed by atoms with van der Waals surface area (Å²) in [7, 11) is 0. The summed E-state index contributed by atoms with van der Waals surface area (Å²) in [5.41, 5.74) is -0.444. The van der Waals surface area contributed by atoms with Gasteiger partial charge in [0, 0.05) is 0 Å². The van der Waals surface area contributed by atoms with Crippen molar-refractivity contribution < 1.29 is 27.5 Å². The summed E-state index contributed by atoms with van der Waals surface area (Å²) < 4.78 is 42.1. The molecule has 1 amide bonds. The summed E-state index contributed by atoms with van der Waals surface area (Å²) in [6.07, 6.45) is -5.04. The standard InChI is InChI=1S/C14H14F3NO3/c1-13(8-21-13)11(19)10(18-12(20)14(15,16)17)7-9-5-3-2-4-6-9/h2-6,10H,7-8H2,1H3,(H,18,20)/t10-,13-/m0/s1. The number of epoxide rings is 1. The topological polar surface area (TPSA) is 58.7 Å². The fourth-order valence-corrected chi connectivity index (χ4v) is 1.92. The molecule has 2 rings (SSSR count). The molecule has 1 heterocycles. The highest BCUT2D eigenvalue weighted by Crippen LogP contribution is 2.29. The zero-order chi connectivity index (χ0) is 15.7. The first-order chi connectivity index (χ1) is 9.72. The van der Waals surface area contributed by atoms with Gasteiger partial charge in [0.05, 0.1) is 12.6 Å². The van der Waals surface area contributed by atoms with Crippen molar-refractivity contribution >= 4 is 11.7 Å². The first-order valence-corrected chi connectivity index (χ1v) is 6.32. The van der Waals surface area contributed by atoms with Gasteiger partial charge >= 0.3 is 12.1 Å². The van der Waals surface area contributed by atoms with E-state index in [9.17, 15) is 22.8 Å². The van der Waals surface area contributed by atoms with Crippen LogP contribution in [0.3, 0.4) is 0 Å². The second kappa shape index (κ2) is 5.48. The van der Waals surface area contributed by atoms with Crippen LogP contribution in [0.1, 0.15) is 12.5 Å². The highest BCUT2D eigenvalue weighted by molar-refractivity contribution is 5.97. The smallest absolute Gasteiger partial charge is 0.361 e. The number of hydrogen-bond donors (Lipinski definition) is 1. The van der Waals surface area contributed by atoms with Gasteiger partial charge in [-0.15, -0.1) is 0 Å². The van der Waals surface area contributed by atoms with Crippen LogP contribution in [0, 0.1) is 0 Å². The van der Waals surface area contributed by atoms with Crippen molar-refractivity contribution in [3.05, 3.63) is 35.9 Å². The van der Waals surface area contributed by atoms with E-state index in [1.165, 1.54) is 6.92 Å². The van der Waals surface area contributed by atoms with Crippen LogP contribution < -0.4 is 5.32 Å². The monoisotopic (exact) mass is 301 g/mol. The predicted molar refractivity (Wildman–Crippen MR) is 67.5 cm³/mol. The van der Waals surface area contributed by atoms with Crippen molar-refractivity contribution in [2.45, 2.75) is 31.2 Å². The van der Waals surface area contributed by atoms with Crippen LogP contribution in [0.5, 0.6) is 0 Å². The van der Waals surface area contributed by atoms with Crippen molar-refractivity contribution in [1.82, 2.24) is 5.32 Å². The molecule has 0 spiro atoms. The molecule has 1 fully saturated rings. The van der Waals surface area contributed by atoms with Crippen LogP contribution in [-0.2, 0) is 20.7 Å². The van der Waals surface area contributed by atoms with Crippen LogP contribution in [-0.4, -0.2) is 36.1 Å². The first-order valence-electron chi connectivity index (χ1n) is 6.32. The van der Waals surface area contributed by atoms with E-state index in [0.717, 1.165) is 0 Å². The molecule has 1 aliphatic rings. The van der Waals surface area contributed by atoms with E-state index in [-0.39, 0.29) is 13.0 Å². The van der Waals surface area contributed by atoms with Crippen LogP contribution in [0.2, 0.25) is 0 Å². The molecule has 1 aliphatic heterocycles. The third kappa shape index (κ3) is 3.81. The fraction of sp³-hybridized carbons (Fsp3) is 0.429. The highest BCUT2D eigenvalue weighted by atomic mass is 19.4. The average Bonchev–Trinajstić information content (AvgIpc) is 3.16. The Labute approximate surface area is 119 Å². The molecule has 0 radical (unpaired) electrons. The van der Waals surface area contributed by atoms with E-state index in [1.807, 2.05) is 0 Å². The minimum Gasteiger partial charge on any atom is -0.361 e. The third-order valence-corrected chi connectivity index (χ3v) is 3.26. The third-order valence-electron chi connectivity index (χ3n) is 3.26. The lowest BCUT2D eigenvalue weighted by atomic mass is 9.95. The zero-order valence-electron chi connectivity index (χ0n) is 11.2. The van der Waals surface area contributed by atoms with Crippen molar-refractivity contribution in [1.29, 1.82) is 0 Å². The normalized spacial score (nSPS) is 22.5.